The summed E-state index contributed by atoms with van der Waals surface area (Å²) in [6.45, 7) is 0.893. The molecule has 0 aliphatic carbocycles. The van der Waals surface area contributed by atoms with Gasteiger partial charge in [0.25, 0.3) is 5.56 Å². The third-order valence-corrected chi connectivity index (χ3v) is 4.07. The van der Waals surface area contributed by atoms with Gasteiger partial charge >= 0.3 is 6.09 Å². The van der Waals surface area contributed by atoms with Crippen molar-refractivity contribution in [1.29, 1.82) is 0 Å². The highest BCUT2D eigenvalue weighted by Gasteiger charge is 2.24. The molecule has 1 aliphatic rings. The van der Waals surface area contributed by atoms with E-state index in [1.165, 1.54) is 4.90 Å². The molecule has 114 valence electrons. The van der Waals surface area contributed by atoms with Crippen LogP contribution in [0.25, 0.3) is 11.1 Å². The van der Waals surface area contributed by atoms with Crippen molar-refractivity contribution in [2.75, 3.05) is 13.1 Å². The number of likely N-dealkylation sites (tertiary alicyclic amines) is 1. The Morgan fingerprint density at radius 1 is 1.18 bits per heavy atom. The average Bonchev–Trinajstić information content (AvgIpc) is 2.56. The van der Waals surface area contributed by atoms with Crippen LogP contribution in [0.2, 0.25) is 0 Å². The summed E-state index contributed by atoms with van der Waals surface area (Å²) in [5, 5.41) is 8.99. The molecule has 6 heteroatoms. The Hall–Kier alpha value is -2.63. The number of benzene rings is 1. The van der Waals surface area contributed by atoms with Crippen LogP contribution in [0.3, 0.4) is 0 Å². The van der Waals surface area contributed by atoms with Gasteiger partial charge in [-0.15, -0.1) is 0 Å². The maximum atomic E-state index is 12.7. The first-order valence-electron chi connectivity index (χ1n) is 7.26. The highest BCUT2D eigenvalue weighted by Crippen LogP contribution is 2.22. The summed E-state index contributed by atoms with van der Waals surface area (Å²) in [5.74, 6) is 0. The van der Waals surface area contributed by atoms with Gasteiger partial charge in [-0.2, -0.15) is 0 Å². The molecular weight excluding hydrogens is 282 g/mol. The smallest absolute Gasteiger partial charge is 0.407 e. The van der Waals surface area contributed by atoms with Crippen molar-refractivity contribution in [3.05, 3.63) is 53.2 Å². The van der Waals surface area contributed by atoms with Crippen molar-refractivity contribution in [2.24, 2.45) is 0 Å². The van der Waals surface area contributed by atoms with Crippen LogP contribution in [0.15, 0.2) is 47.7 Å². The molecule has 0 bridgehead atoms. The van der Waals surface area contributed by atoms with Gasteiger partial charge in [0, 0.05) is 25.3 Å². The SMILES string of the molecule is O=C(O)N1CCC(n2cncc(-c3ccccc3)c2=O)CC1. The molecule has 0 saturated carbocycles. The van der Waals surface area contributed by atoms with E-state index < -0.39 is 6.09 Å². The minimum absolute atomic E-state index is 0.000683. The second kappa shape index (κ2) is 6.01. The molecule has 1 amide bonds. The first-order valence-corrected chi connectivity index (χ1v) is 7.26. The lowest BCUT2D eigenvalue weighted by atomic mass is 10.0. The third-order valence-electron chi connectivity index (χ3n) is 4.07. The molecule has 1 N–H and O–H groups in total. The molecule has 22 heavy (non-hydrogen) atoms. The molecular formula is C16H17N3O3. The van der Waals surface area contributed by atoms with Gasteiger partial charge in [-0.05, 0) is 18.4 Å². The van der Waals surface area contributed by atoms with Gasteiger partial charge < -0.3 is 10.0 Å². The summed E-state index contributed by atoms with van der Waals surface area (Å²) in [6.07, 6.45) is 3.50. The van der Waals surface area contributed by atoms with Crippen LogP contribution in [0.5, 0.6) is 0 Å². The Morgan fingerprint density at radius 3 is 2.50 bits per heavy atom. The first kappa shape index (κ1) is 14.3. The van der Waals surface area contributed by atoms with E-state index in [9.17, 15) is 9.59 Å². The summed E-state index contributed by atoms with van der Waals surface area (Å²) >= 11 is 0. The van der Waals surface area contributed by atoms with E-state index in [-0.39, 0.29) is 11.6 Å². The zero-order chi connectivity index (χ0) is 15.5. The minimum atomic E-state index is -0.901. The lowest BCUT2D eigenvalue weighted by Crippen LogP contribution is -2.40. The summed E-state index contributed by atoms with van der Waals surface area (Å²) in [4.78, 5) is 29.2. The van der Waals surface area contributed by atoms with Crippen LogP contribution in [0.4, 0.5) is 4.79 Å². The van der Waals surface area contributed by atoms with Crippen molar-refractivity contribution >= 4 is 6.09 Å². The van der Waals surface area contributed by atoms with Crippen molar-refractivity contribution in [2.45, 2.75) is 18.9 Å². The number of rotatable bonds is 2. The molecule has 0 radical (unpaired) electrons. The average molecular weight is 299 g/mol. The summed E-state index contributed by atoms with van der Waals surface area (Å²) in [7, 11) is 0. The lowest BCUT2D eigenvalue weighted by Gasteiger charge is -2.30. The fraction of sp³-hybridized carbons (Fsp3) is 0.312. The predicted octanol–water partition coefficient (Wildman–Crippen LogP) is 2.23. The van der Waals surface area contributed by atoms with Gasteiger partial charge in [-0.3, -0.25) is 9.36 Å². The molecule has 2 aromatic rings. The molecule has 0 unspecified atom stereocenters. The number of piperidine rings is 1. The normalized spacial score (nSPS) is 15.7. The Kier molecular flexibility index (Phi) is 3.91. The van der Waals surface area contributed by atoms with Gasteiger partial charge in [0.05, 0.1) is 11.9 Å². The molecule has 3 rings (SSSR count). The molecule has 6 nitrogen and oxygen atoms in total. The number of carbonyl (C=O) groups is 1. The summed E-state index contributed by atoms with van der Waals surface area (Å²) in [5.41, 5.74) is 1.34. The third kappa shape index (κ3) is 2.72. The van der Waals surface area contributed by atoms with E-state index in [0.29, 0.717) is 31.5 Å². The van der Waals surface area contributed by atoms with E-state index in [0.717, 1.165) is 5.56 Å². The largest absolute Gasteiger partial charge is 0.465 e. The zero-order valence-corrected chi connectivity index (χ0v) is 12.1. The van der Waals surface area contributed by atoms with Crippen molar-refractivity contribution in [3.63, 3.8) is 0 Å². The maximum absolute atomic E-state index is 12.7. The van der Waals surface area contributed by atoms with Crippen molar-refractivity contribution in [3.8, 4) is 11.1 Å². The topological polar surface area (TPSA) is 75.4 Å². The van der Waals surface area contributed by atoms with E-state index >= 15 is 0 Å². The second-order valence-corrected chi connectivity index (χ2v) is 5.39. The Morgan fingerprint density at radius 2 is 1.86 bits per heavy atom. The van der Waals surface area contributed by atoms with Crippen LogP contribution >= 0.6 is 0 Å². The number of hydrogen-bond donors (Lipinski definition) is 1. The fourth-order valence-electron chi connectivity index (χ4n) is 2.84. The van der Waals surface area contributed by atoms with Crippen molar-refractivity contribution in [1.82, 2.24) is 14.5 Å². The number of carboxylic acid groups (broad SMARTS) is 1. The van der Waals surface area contributed by atoms with E-state index in [1.54, 1.807) is 17.1 Å². The minimum Gasteiger partial charge on any atom is -0.465 e. The highest BCUT2D eigenvalue weighted by atomic mass is 16.4. The molecule has 0 atom stereocenters. The molecule has 1 fully saturated rings. The van der Waals surface area contributed by atoms with E-state index in [4.69, 9.17) is 5.11 Å². The zero-order valence-electron chi connectivity index (χ0n) is 12.1. The Labute approximate surface area is 127 Å². The van der Waals surface area contributed by atoms with Gasteiger partial charge in [-0.25, -0.2) is 9.78 Å². The summed E-state index contributed by atoms with van der Waals surface area (Å²) in [6, 6.07) is 9.44. The quantitative estimate of drug-likeness (QED) is 0.922. The number of aromatic nitrogens is 2. The predicted molar refractivity (Wildman–Crippen MR) is 81.8 cm³/mol. The van der Waals surface area contributed by atoms with E-state index in [1.807, 2.05) is 30.3 Å². The fourth-order valence-corrected chi connectivity index (χ4v) is 2.84. The van der Waals surface area contributed by atoms with E-state index in [2.05, 4.69) is 4.98 Å². The van der Waals surface area contributed by atoms with Crippen LogP contribution in [0.1, 0.15) is 18.9 Å². The second-order valence-electron chi connectivity index (χ2n) is 5.39. The Bertz CT molecular complexity index is 719. The molecule has 1 aliphatic heterocycles. The van der Waals surface area contributed by atoms with Gasteiger partial charge in [0.15, 0.2) is 0 Å². The lowest BCUT2D eigenvalue weighted by molar-refractivity contribution is 0.125. The van der Waals surface area contributed by atoms with Crippen LogP contribution in [-0.2, 0) is 0 Å². The van der Waals surface area contributed by atoms with Gasteiger partial charge in [0.2, 0.25) is 0 Å². The molecule has 1 aromatic carbocycles. The number of amides is 1. The van der Waals surface area contributed by atoms with Crippen LogP contribution < -0.4 is 5.56 Å². The van der Waals surface area contributed by atoms with Crippen molar-refractivity contribution < 1.29 is 9.90 Å². The summed E-state index contributed by atoms with van der Waals surface area (Å²) < 4.78 is 1.64. The standard InChI is InChI=1S/C16H17N3O3/c20-15-14(12-4-2-1-3-5-12)10-17-11-19(15)13-6-8-18(9-7-13)16(21)22/h1-5,10-11,13H,6-9H2,(H,21,22). The van der Waals surface area contributed by atoms with Gasteiger partial charge in [0.1, 0.15) is 0 Å². The van der Waals surface area contributed by atoms with Crippen LogP contribution in [-0.4, -0.2) is 38.7 Å². The van der Waals surface area contributed by atoms with Crippen LogP contribution in [0, 0.1) is 0 Å². The molecule has 0 spiro atoms. The number of hydrogen-bond acceptors (Lipinski definition) is 3. The number of nitrogens with zero attached hydrogens (tertiary/aromatic N) is 3. The molecule has 2 heterocycles. The van der Waals surface area contributed by atoms with Gasteiger partial charge in [-0.1, -0.05) is 30.3 Å². The maximum Gasteiger partial charge on any atom is 0.407 e. The molecule has 1 aromatic heterocycles. The Balaban J connectivity index is 1.87. The highest BCUT2D eigenvalue weighted by molar-refractivity contribution is 5.65. The monoisotopic (exact) mass is 299 g/mol. The molecule has 1 saturated heterocycles. The first-order chi connectivity index (χ1) is 10.7.